The van der Waals surface area contributed by atoms with Crippen LogP contribution in [-0.4, -0.2) is 62.4 Å². The highest BCUT2D eigenvalue weighted by atomic mass is 16.8. The molecule has 10 heteroatoms. The lowest BCUT2D eigenvalue weighted by Crippen LogP contribution is -2.61. The predicted molar refractivity (Wildman–Crippen MR) is 159 cm³/mol. The Kier molecular flexibility index (Phi) is 11.2. The van der Waals surface area contributed by atoms with E-state index in [9.17, 15) is 5.53 Å². The second-order valence-corrected chi connectivity index (χ2v) is 11.0. The molecule has 3 aromatic rings. The molecule has 228 valence electrons. The summed E-state index contributed by atoms with van der Waals surface area (Å²) < 4.78 is 44.2. The molecule has 5 rings (SSSR count). The predicted octanol–water partition coefficient (Wildman–Crippen LogP) is 5.95. The highest BCUT2D eigenvalue weighted by molar-refractivity contribution is 5.15. The number of benzene rings is 3. The van der Waals surface area contributed by atoms with E-state index in [1.807, 2.05) is 105 Å². The Morgan fingerprint density at radius 3 is 1.74 bits per heavy atom. The van der Waals surface area contributed by atoms with Crippen LogP contribution in [0.4, 0.5) is 0 Å². The largest absolute Gasteiger partial charge is 0.368 e. The van der Waals surface area contributed by atoms with Crippen LogP contribution in [0.1, 0.15) is 30.5 Å². The first-order chi connectivity index (χ1) is 21.0. The Hall–Kier alpha value is -3.31. The van der Waals surface area contributed by atoms with Crippen molar-refractivity contribution in [1.29, 1.82) is 0 Å². The lowest BCUT2D eigenvalue weighted by Gasteiger charge is -2.45. The van der Waals surface area contributed by atoms with E-state index in [1.165, 1.54) is 0 Å². The van der Waals surface area contributed by atoms with Crippen LogP contribution in [0.3, 0.4) is 0 Å². The van der Waals surface area contributed by atoms with Crippen molar-refractivity contribution in [2.45, 2.75) is 76.3 Å². The van der Waals surface area contributed by atoms with E-state index >= 15 is 0 Å². The maximum Gasteiger partial charge on any atom is 0.186 e. The van der Waals surface area contributed by atoms with Gasteiger partial charge in [0.15, 0.2) is 12.1 Å². The van der Waals surface area contributed by atoms with Gasteiger partial charge in [-0.2, -0.15) is 0 Å². The van der Waals surface area contributed by atoms with Crippen molar-refractivity contribution in [2.24, 2.45) is 5.11 Å². The van der Waals surface area contributed by atoms with E-state index < -0.39 is 36.5 Å². The average molecular weight is 590 g/mol. The zero-order chi connectivity index (χ0) is 29.9. The molecule has 0 bridgehead atoms. The van der Waals surface area contributed by atoms with Gasteiger partial charge in [-0.3, -0.25) is 0 Å². The summed E-state index contributed by atoms with van der Waals surface area (Å²) in [6.07, 6.45) is -3.71. The van der Waals surface area contributed by atoms with Crippen LogP contribution in [0, 0.1) is 0 Å². The molecule has 0 spiro atoms. The molecule has 0 N–H and O–H groups in total. The molecule has 0 aliphatic carbocycles. The van der Waals surface area contributed by atoms with E-state index in [-0.39, 0.29) is 19.3 Å². The number of hydrogen-bond donors (Lipinski definition) is 0. The summed E-state index contributed by atoms with van der Waals surface area (Å²) in [4.78, 5) is 2.99. The van der Waals surface area contributed by atoms with Crippen molar-refractivity contribution in [3.8, 4) is 0 Å². The Morgan fingerprint density at radius 1 is 0.744 bits per heavy atom. The number of azide groups is 1. The van der Waals surface area contributed by atoms with Gasteiger partial charge < -0.3 is 33.2 Å². The van der Waals surface area contributed by atoms with Crippen LogP contribution in [-0.2, 0) is 53.0 Å². The van der Waals surface area contributed by atoms with Gasteiger partial charge in [0.05, 0.1) is 45.7 Å². The molecule has 1 unspecified atom stereocenters. The zero-order valence-corrected chi connectivity index (χ0v) is 24.6. The second kappa shape index (κ2) is 15.4. The van der Waals surface area contributed by atoms with E-state index in [4.69, 9.17) is 33.2 Å². The van der Waals surface area contributed by atoms with Gasteiger partial charge in [0.25, 0.3) is 0 Å². The second-order valence-electron chi connectivity index (χ2n) is 11.0. The number of hydrogen-bond acceptors (Lipinski definition) is 8. The number of ether oxygens (including phenoxy) is 7. The molecule has 3 aromatic carbocycles. The third-order valence-electron chi connectivity index (χ3n) is 7.29. The van der Waals surface area contributed by atoms with Crippen molar-refractivity contribution in [2.75, 3.05) is 19.8 Å². The molecule has 2 aliphatic rings. The molecular formula is C33H39N3O7. The van der Waals surface area contributed by atoms with Crippen molar-refractivity contribution in [3.63, 3.8) is 0 Å². The molecule has 0 radical (unpaired) electrons. The molecule has 0 saturated carbocycles. The third-order valence-corrected chi connectivity index (χ3v) is 7.29. The summed E-state index contributed by atoms with van der Waals surface area (Å²) in [6, 6.07) is 29.7. The summed E-state index contributed by atoms with van der Waals surface area (Å²) in [5.74, 6) is -0.688. The van der Waals surface area contributed by atoms with Gasteiger partial charge in [-0.1, -0.05) is 96.1 Å². The van der Waals surface area contributed by atoms with E-state index in [0.717, 1.165) is 16.7 Å². The topological polar surface area (TPSA) is 113 Å². The molecule has 2 saturated heterocycles. The Bertz CT molecular complexity index is 1290. The van der Waals surface area contributed by atoms with E-state index in [2.05, 4.69) is 10.0 Å². The van der Waals surface area contributed by atoms with Crippen LogP contribution in [0.15, 0.2) is 96.1 Å². The van der Waals surface area contributed by atoms with Crippen LogP contribution in [0.5, 0.6) is 0 Å². The average Bonchev–Trinajstić information content (AvgIpc) is 3.39. The van der Waals surface area contributed by atoms with Crippen LogP contribution < -0.4 is 0 Å². The molecule has 2 heterocycles. The summed E-state index contributed by atoms with van der Waals surface area (Å²) in [5.41, 5.74) is 12.2. The molecule has 0 aromatic heterocycles. The summed E-state index contributed by atoms with van der Waals surface area (Å²) in [7, 11) is 0. The first kappa shape index (κ1) is 31.1. The van der Waals surface area contributed by atoms with Crippen molar-refractivity contribution in [1.82, 2.24) is 0 Å². The van der Waals surface area contributed by atoms with Gasteiger partial charge in [-0.15, -0.1) is 0 Å². The van der Waals surface area contributed by atoms with E-state index in [0.29, 0.717) is 26.4 Å². The quantitative estimate of drug-likeness (QED) is 0.130. The van der Waals surface area contributed by atoms with Gasteiger partial charge in [-0.25, -0.2) is 0 Å². The Balaban J connectivity index is 1.42. The van der Waals surface area contributed by atoms with Crippen LogP contribution in [0.25, 0.3) is 10.4 Å². The smallest absolute Gasteiger partial charge is 0.186 e. The molecule has 2 aliphatic heterocycles. The number of rotatable bonds is 14. The van der Waals surface area contributed by atoms with Gasteiger partial charge in [-0.05, 0) is 36.1 Å². The fraction of sp³-hybridized carbons (Fsp3) is 0.455. The SMILES string of the molecule is CC1(C)OCC(CO[C@H]2O[C@H](CN=[N+]=[N-])[C@@H](OCc3ccccc3)[C@H](OCc3ccccc3)[C@@H]2OCc2ccccc2)O1. The summed E-state index contributed by atoms with van der Waals surface area (Å²) >= 11 is 0. The highest BCUT2D eigenvalue weighted by Gasteiger charge is 2.49. The summed E-state index contributed by atoms with van der Waals surface area (Å²) in [6.45, 7) is 5.32. The van der Waals surface area contributed by atoms with Crippen molar-refractivity contribution < 1.29 is 33.2 Å². The molecule has 2 fully saturated rings. The van der Waals surface area contributed by atoms with E-state index in [1.54, 1.807) is 0 Å². The minimum atomic E-state index is -0.854. The van der Waals surface area contributed by atoms with Crippen LogP contribution in [0.2, 0.25) is 0 Å². The summed E-state index contributed by atoms with van der Waals surface area (Å²) in [5, 5.41) is 3.84. The zero-order valence-electron chi connectivity index (χ0n) is 24.6. The maximum absolute atomic E-state index is 9.18. The minimum Gasteiger partial charge on any atom is -0.368 e. The minimum absolute atomic E-state index is 0.0302. The molecule has 0 amide bonds. The van der Waals surface area contributed by atoms with Gasteiger partial charge in [0.1, 0.15) is 24.4 Å². The molecule has 43 heavy (non-hydrogen) atoms. The standard InChI is InChI=1S/C33H39N3O7/c1-33(2)41-23-27(43-33)22-40-32-31(39-21-26-16-10-5-11-17-26)30(38-20-25-14-8-4-9-15-25)29(28(42-32)18-35-36-34)37-19-24-12-6-3-7-13-24/h3-17,27-32H,18-23H2,1-2H3/t27?,28-,29-,30+,31+,32+/m1/s1. The fourth-order valence-electron chi connectivity index (χ4n) is 5.19. The monoisotopic (exact) mass is 589 g/mol. The van der Waals surface area contributed by atoms with Crippen molar-refractivity contribution in [3.05, 3.63) is 118 Å². The van der Waals surface area contributed by atoms with Crippen molar-refractivity contribution >= 4 is 0 Å². The normalized spacial score (nSPS) is 26.6. The first-order valence-electron chi connectivity index (χ1n) is 14.6. The fourth-order valence-corrected chi connectivity index (χ4v) is 5.19. The molecule has 10 nitrogen and oxygen atoms in total. The highest BCUT2D eigenvalue weighted by Crippen LogP contribution is 2.32. The van der Waals surface area contributed by atoms with Gasteiger partial charge in [0, 0.05) is 4.91 Å². The first-order valence-corrected chi connectivity index (χ1v) is 14.6. The Morgan fingerprint density at radius 2 is 1.26 bits per heavy atom. The Labute approximate surface area is 252 Å². The molecular weight excluding hydrogens is 550 g/mol. The lowest BCUT2D eigenvalue weighted by molar-refractivity contribution is -0.324. The van der Waals surface area contributed by atoms with Gasteiger partial charge in [0.2, 0.25) is 0 Å². The molecule has 6 atom stereocenters. The third kappa shape index (κ3) is 9.09. The van der Waals surface area contributed by atoms with Gasteiger partial charge >= 0.3 is 0 Å². The lowest BCUT2D eigenvalue weighted by atomic mass is 9.97. The maximum atomic E-state index is 9.18. The number of nitrogens with zero attached hydrogens (tertiary/aromatic N) is 3. The van der Waals surface area contributed by atoms with Crippen LogP contribution >= 0.6 is 0 Å².